The van der Waals surface area contributed by atoms with Crippen LogP contribution < -0.4 is 5.32 Å². The zero-order valence-electron chi connectivity index (χ0n) is 13.6. The molecule has 0 aliphatic heterocycles. The molecule has 0 aliphatic carbocycles. The van der Waals surface area contributed by atoms with E-state index in [-0.39, 0.29) is 18.0 Å². The number of nitrogens with zero attached hydrogens (tertiary/aromatic N) is 2. The van der Waals surface area contributed by atoms with Crippen molar-refractivity contribution < 1.29 is 14.1 Å². The first-order valence-electron chi connectivity index (χ1n) is 7.49. The summed E-state index contributed by atoms with van der Waals surface area (Å²) in [7, 11) is 0. The number of nitro benzene ring substituents is 1. The molecule has 0 radical (unpaired) electrons. The van der Waals surface area contributed by atoms with Crippen molar-refractivity contribution >= 4 is 28.6 Å². The Morgan fingerprint density at radius 2 is 2.12 bits per heavy atom. The first-order valence-corrected chi connectivity index (χ1v) is 8.37. The third-order valence-electron chi connectivity index (χ3n) is 3.62. The van der Waals surface area contributed by atoms with Crippen LogP contribution >= 0.6 is 11.3 Å². The number of furan rings is 1. The fourth-order valence-corrected chi connectivity index (χ4v) is 3.15. The molecule has 1 N–H and O–H groups in total. The van der Waals surface area contributed by atoms with Crippen LogP contribution in [0.25, 0.3) is 10.8 Å². The zero-order chi connectivity index (χ0) is 18.0. The number of aromatic nitrogens is 1. The van der Waals surface area contributed by atoms with Gasteiger partial charge in [0, 0.05) is 11.4 Å². The Morgan fingerprint density at radius 1 is 1.32 bits per heavy atom. The van der Waals surface area contributed by atoms with E-state index in [4.69, 9.17) is 4.42 Å². The minimum Gasteiger partial charge on any atom is -0.459 e. The first kappa shape index (κ1) is 16.8. The van der Waals surface area contributed by atoms with Crippen LogP contribution in [0.4, 0.5) is 11.4 Å². The van der Waals surface area contributed by atoms with Crippen molar-refractivity contribution in [2.45, 2.75) is 20.3 Å². The van der Waals surface area contributed by atoms with Crippen LogP contribution in [0.1, 0.15) is 17.0 Å². The van der Waals surface area contributed by atoms with E-state index in [9.17, 15) is 14.9 Å². The van der Waals surface area contributed by atoms with E-state index in [1.54, 1.807) is 24.4 Å². The van der Waals surface area contributed by atoms with Crippen molar-refractivity contribution in [2.75, 3.05) is 5.32 Å². The number of aryl methyl sites for hydroxylation is 1. The smallest absolute Gasteiger partial charge is 0.274 e. The van der Waals surface area contributed by atoms with Crippen LogP contribution in [-0.2, 0) is 11.2 Å². The molecule has 0 unspecified atom stereocenters. The molecule has 1 amide bonds. The second-order valence-corrected chi connectivity index (χ2v) is 6.34. The number of nitro groups is 1. The predicted octanol–water partition coefficient (Wildman–Crippen LogP) is 4.11. The first-order chi connectivity index (χ1) is 11.9. The van der Waals surface area contributed by atoms with Crippen LogP contribution in [0, 0.1) is 24.0 Å². The van der Waals surface area contributed by atoms with Gasteiger partial charge in [-0.05, 0) is 32.0 Å². The molecule has 2 aromatic heterocycles. The Bertz CT molecular complexity index is 945. The molecule has 2 heterocycles. The van der Waals surface area contributed by atoms with Crippen molar-refractivity contribution in [3.05, 3.63) is 62.8 Å². The molecule has 128 valence electrons. The summed E-state index contributed by atoms with van der Waals surface area (Å²) in [6.07, 6.45) is 0.0817. The highest BCUT2D eigenvalue weighted by atomic mass is 32.1. The number of rotatable bonds is 5. The van der Waals surface area contributed by atoms with E-state index >= 15 is 0 Å². The fourth-order valence-electron chi connectivity index (χ4n) is 2.37. The summed E-state index contributed by atoms with van der Waals surface area (Å²) >= 11 is 1.40. The number of hydrogen-bond acceptors (Lipinski definition) is 6. The van der Waals surface area contributed by atoms with E-state index < -0.39 is 4.92 Å². The SMILES string of the molecule is Cc1ccc(-c2nc(CC(=O)Nc3cccc([N+](=O)[O-])c3C)cs2)o1. The summed E-state index contributed by atoms with van der Waals surface area (Å²) in [5.41, 5.74) is 1.44. The van der Waals surface area contributed by atoms with E-state index in [2.05, 4.69) is 10.3 Å². The van der Waals surface area contributed by atoms with Gasteiger partial charge in [0.25, 0.3) is 5.69 Å². The summed E-state index contributed by atoms with van der Waals surface area (Å²) in [4.78, 5) is 27.1. The van der Waals surface area contributed by atoms with Crippen LogP contribution in [0.15, 0.2) is 40.1 Å². The van der Waals surface area contributed by atoms with E-state index in [1.165, 1.54) is 17.4 Å². The molecule has 0 saturated heterocycles. The Kier molecular flexibility index (Phi) is 4.62. The van der Waals surface area contributed by atoms with Crippen molar-refractivity contribution in [1.29, 1.82) is 0 Å². The van der Waals surface area contributed by atoms with Crippen LogP contribution in [0.5, 0.6) is 0 Å². The minimum absolute atomic E-state index is 0.0260. The van der Waals surface area contributed by atoms with Crippen molar-refractivity contribution in [3.8, 4) is 10.8 Å². The highest BCUT2D eigenvalue weighted by molar-refractivity contribution is 7.13. The lowest BCUT2D eigenvalue weighted by atomic mass is 10.1. The minimum atomic E-state index is -0.469. The standard InChI is InChI=1S/C17H15N3O4S/c1-10-6-7-15(24-10)17-18-12(9-25-17)8-16(21)19-13-4-3-5-14(11(13)2)20(22)23/h3-7,9H,8H2,1-2H3,(H,19,21). The highest BCUT2D eigenvalue weighted by Crippen LogP contribution is 2.27. The van der Waals surface area contributed by atoms with Crippen LogP contribution in [-0.4, -0.2) is 15.8 Å². The normalized spacial score (nSPS) is 10.6. The molecule has 0 saturated carbocycles. The monoisotopic (exact) mass is 357 g/mol. The van der Waals surface area contributed by atoms with Crippen molar-refractivity contribution in [2.24, 2.45) is 0 Å². The van der Waals surface area contributed by atoms with Gasteiger partial charge in [0.2, 0.25) is 5.91 Å². The lowest BCUT2D eigenvalue weighted by molar-refractivity contribution is -0.385. The van der Waals surface area contributed by atoms with Gasteiger partial charge in [0.1, 0.15) is 5.76 Å². The Hall–Kier alpha value is -3.00. The number of anilines is 1. The maximum atomic E-state index is 12.2. The van der Waals surface area contributed by atoms with Gasteiger partial charge in [-0.15, -0.1) is 11.3 Å². The molecule has 8 heteroatoms. The summed E-state index contributed by atoms with van der Waals surface area (Å²) < 4.78 is 5.52. The van der Waals surface area contributed by atoms with Gasteiger partial charge in [0.15, 0.2) is 10.8 Å². The van der Waals surface area contributed by atoms with Crippen LogP contribution in [0.3, 0.4) is 0 Å². The summed E-state index contributed by atoms with van der Waals surface area (Å²) in [6.45, 7) is 3.46. The number of amides is 1. The Morgan fingerprint density at radius 3 is 2.80 bits per heavy atom. The molecular formula is C17H15N3O4S. The Labute approximate surface area is 147 Å². The quantitative estimate of drug-likeness (QED) is 0.547. The number of carbonyl (C=O) groups excluding carboxylic acids is 1. The lowest BCUT2D eigenvalue weighted by Crippen LogP contribution is -2.15. The summed E-state index contributed by atoms with van der Waals surface area (Å²) in [5.74, 6) is 1.19. The molecule has 3 aromatic rings. The van der Waals surface area contributed by atoms with Crippen molar-refractivity contribution in [3.63, 3.8) is 0 Å². The number of hydrogen-bond donors (Lipinski definition) is 1. The van der Waals surface area contributed by atoms with Gasteiger partial charge in [-0.2, -0.15) is 0 Å². The molecule has 0 spiro atoms. The van der Waals surface area contributed by atoms with Gasteiger partial charge < -0.3 is 9.73 Å². The molecule has 0 bridgehead atoms. The van der Waals surface area contributed by atoms with Gasteiger partial charge in [-0.1, -0.05) is 6.07 Å². The second-order valence-electron chi connectivity index (χ2n) is 5.49. The van der Waals surface area contributed by atoms with Crippen LogP contribution in [0.2, 0.25) is 0 Å². The van der Waals surface area contributed by atoms with Gasteiger partial charge >= 0.3 is 0 Å². The van der Waals surface area contributed by atoms with Gasteiger partial charge in [0.05, 0.1) is 28.3 Å². The van der Waals surface area contributed by atoms with E-state index in [0.717, 1.165) is 5.76 Å². The predicted molar refractivity (Wildman–Crippen MR) is 94.7 cm³/mol. The van der Waals surface area contributed by atoms with Gasteiger partial charge in [-0.25, -0.2) is 4.98 Å². The third-order valence-corrected chi connectivity index (χ3v) is 4.53. The summed E-state index contributed by atoms with van der Waals surface area (Å²) in [5, 5.41) is 16.2. The number of thiazole rings is 1. The molecule has 0 fully saturated rings. The molecule has 1 aromatic carbocycles. The average molecular weight is 357 g/mol. The fraction of sp³-hybridized carbons (Fsp3) is 0.176. The highest BCUT2D eigenvalue weighted by Gasteiger charge is 2.16. The molecule has 25 heavy (non-hydrogen) atoms. The number of nitrogens with one attached hydrogen (secondary N) is 1. The lowest BCUT2D eigenvalue weighted by Gasteiger charge is -2.07. The van der Waals surface area contributed by atoms with Gasteiger partial charge in [-0.3, -0.25) is 14.9 Å². The van der Waals surface area contributed by atoms with E-state index in [0.29, 0.717) is 27.7 Å². The summed E-state index contributed by atoms with van der Waals surface area (Å²) in [6, 6.07) is 8.28. The second kappa shape index (κ2) is 6.86. The maximum absolute atomic E-state index is 12.2. The van der Waals surface area contributed by atoms with Crippen molar-refractivity contribution in [1.82, 2.24) is 4.98 Å². The number of carbonyl (C=O) groups is 1. The zero-order valence-corrected chi connectivity index (χ0v) is 14.4. The number of benzene rings is 1. The third kappa shape index (κ3) is 3.74. The molecular weight excluding hydrogens is 342 g/mol. The topological polar surface area (TPSA) is 98.3 Å². The van der Waals surface area contributed by atoms with E-state index in [1.807, 2.05) is 19.1 Å². The molecule has 3 rings (SSSR count). The molecule has 0 aliphatic rings. The largest absolute Gasteiger partial charge is 0.459 e. The molecule has 0 atom stereocenters. The maximum Gasteiger partial charge on any atom is 0.274 e. The molecule has 7 nitrogen and oxygen atoms in total. The average Bonchev–Trinajstić information content (AvgIpc) is 3.18. The Balaban J connectivity index is 1.70.